The molecule has 2 aromatic rings. The number of anilines is 2. The second kappa shape index (κ2) is 6.25. The highest BCUT2D eigenvalue weighted by Gasteiger charge is 2.13. The number of ether oxygens (including phenoxy) is 1. The number of carbonyl (C=O) groups excluding carboxylic acids is 1. The lowest BCUT2D eigenvalue weighted by molar-refractivity contribution is 0.0602. The first kappa shape index (κ1) is 14.8. The summed E-state index contributed by atoms with van der Waals surface area (Å²) in [6, 6.07) is 3.59. The van der Waals surface area contributed by atoms with Crippen molar-refractivity contribution in [2.75, 3.05) is 24.7 Å². The van der Waals surface area contributed by atoms with Crippen LogP contribution in [0.4, 0.5) is 11.4 Å². The summed E-state index contributed by atoms with van der Waals surface area (Å²) in [5.74, 6) is 0.330. The molecule has 0 radical (unpaired) electrons. The highest BCUT2D eigenvalue weighted by atomic mass is 16.5. The van der Waals surface area contributed by atoms with E-state index < -0.39 is 5.97 Å². The smallest absolute Gasteiger partial charge is 0.340 e. The summed E-state index contributed by atoms with van der Waals surface area (Å²) in [4.78, 5) is 15.8. The predicted molar refractivity (Wildman–Crippen MR) is 80.1 cm³/mol. The Labute approximate surface area is 123 Å². The molecule has 7 nitrogen and oxygen atoms in total. The number of nitrogen functional groups attached to an aromatic ring is 1. The van der Waals surface area contributed by atoms with Gasteiger partial charge < -0.3 is 15.8 Å². The van der Waals surface area contributed by atoms with Crippen molar-refractivity contribution in [1.82, 2.24) is 14.8 Å². The summed E-state index contributed by atoms with van der Waals surface area (Å²) in [6.45, 7) is 2.52. The SMILES string of the molecule is COC(=O)c1cc(NCCc2ncn(C)n2)cc(C)c1N. The van der Waals surface area contributed by atoms with Crippen LogP contribution in [0.5, 0.6) is 0 Å². The van der Waals surface area contributed by atoms with Gasteiger partial charge >= 0.3 is 5.97 Å². The Balaban J connectivity index is 2.06. The lowest BCUT2D eigenvalue weighted by Gasteiger charge is -2.11. The molecule has 0 bridgehead atoms. The molecule has 0 saturated heterocycles. The molecule has 1 heterocycles. The molecule has 0 fully saturated rings. The molecule has 2 rings (SSSR count). The summed E-state index contributed by atoms with van der Waals surface area (Å²) in [6.07, 6.45) is 2.36. The minimum Gasteiger partial charge on any atom is -0.465 e. The third-order valence-electron chi connectivity index (χ3n) is 3.12. The highest BCUT2D eigenvalue weighted by molar-refractivity contribution is 5.97. The average molecular weight is 289 g/mol. The molecule has 0 unspecified atom stereocenters. The van der Waals surface area contributed by atoms with Gasteiger partial charge in [-0.05, 0) is 24.6 Å². The number of nitrogens with two attached hydrogens (primary N) is 1. The molecule has 1 aromatic heterocycles. The minimum atomic E-state index is -0.439. The van der Waals surface area contributed by atoms with Crippen LogP contribution in [0, 0.1) is 6.92 Å². The van der Waals surface area contributed by atoms with Crippen molar-refractivity contribution in [3.63, 3.8) is 0 Å². The van der Waals surface area contributed by atoms with Gasteiger partial charge in [0, 0.05) is 31.4 Å². The molecular formula is C14H19N5O2. The zero-order valence-electron chi connectivity index (χ0n) is 12.4. The third-order valence-corrected chi connectivity index (χ3v) is 3.12. The van der Waals surface area contributed by atoms with Crippen molar-refractivity contribution in [3.05, 3.63) is 35.4 Å². The maximum absolute atomic E-state index is 11.7. The Hall–Kier alpha value is -2.57. The summed E-state index contributed by atoms with van der Waals surface area (Å²) in [5.41, 5.74) is 8.36. The normalized spacial score (nSPS) is 10.4. The van der Waals surface area contributed by atoms with E-state index in [1.807, 2.05) is 20.0 Å². The van der Waals surface area contributed by atoms with Crippen molar-refractivity contribution in [2.45, 2.75) is 13.3 Å². The second-order valence-electron chi connectivity index (χ2n) is 4.76. The van der Waals surface area contributed by atoms with Crippen LogP contribution in [0.15, 0.2) is 18.5 Å². The summed E-state index contributed by atoms with van der Waals surface area (Å²) in [5, 5.41) is 7.44. The lowest BCUT2D eigenvalue weighted by atomic mass is 10.1. The van der Waals surface area contributed by atoms with Crippen LogP contribution < -0.4 is 11.1 Å². The Bertz CT molecular complexity index is 651. The zero-order chi connectivity index (χ0) is 15.4. The predicted octanol–water partition coefficient (Wildman–Crippen LogP) is 1.15. The molecule has 0 saturated carbocycles. The van der Waals surface area contributed by atoms with E-state index >= 15 is 0 Å². The van der Waals surface area contributed by atoms with Crippen LogP contribution in [0.25, 0.3) is 0 Å². The molecule has 0 amide bonds. The van der Waals surface area contributed by atoms with Gasteiger partial charge in [-0.3, -0.25) is 4.68 Å². The van der Waals surface area contributed by atoms with Crippen molar-refractivity contribution in [3.8, 4) is 0 Å². The van der Waals surface area contributed by atoms with Crippen LogP contribution in [0.2, 0.25) is 0 Å². The van der Waals surface area contributed by atoms with E-state index in [1.165, 1.54) is 7.11 Å². The standard InChI is InChI=1S/C14H19N5O2/c1-9-6-10(7-11(13(9)15)14(20)21-3)16-5-4-12-17-8-19(2)18-12/h6-8,16H,4-5,15H2,1-3H3. The van der Waals surface area contributed by atoms with Crippen molar-refractivity contribution in [2.24, 2.45) is 7.05 Å². The number of methoxy groups -OCH3 is 1. The lowest BCUT2D eigenvalue weighted by Crippen LogP contribution is -2.11. The summed E-state index contributed by atoms with van der Waals surface area (Å²) < 4.78 is 6.40. The fourth-order valence-electron chi connectivity index (χ4n) is 2.00. The molecule has 112 valence electrons. The molecular weight excluding hydrogens is 270 g/mol. The summed E-state index contributed by atoms with van der Waals surface area (Å²) >= 11 is 0. The van der Waals surface area contributed by atoms with E-state index in [-0.39, 0.29) is 0 Å². The van der Waals surface area contributed by atoms with Gasteiger partial charge in [-0.25, -0.2) is 9.78 Å². The van der Waals surface area contributed by atoms with Gasteiger partial charge in [0.05, 0.1) is 12.7 Å². The highest BCUT2D eigenvalue weighted by Crippen LogP contribution is 2.23. The number of aryl methyl sites for hydroxylation is 2. The van der Waals surface area contributed by atoms with Gasteiger partial charge in [0.1, 0.15) is 6.33 Å². The van der Waals surface area contributed by atoms with Crippen molar-refractivity contribution < 1.29 is 9.53 Å². The number of nitrogens with one attached hydrogen (secondary N) is 1. The molecule has 0 aliphatic rings. The monoisotopic (exact) mass is 289 g/mol. The quantitative estimate of drug-likeness (QED) is 0.633. The van der Waals surface area contributed by atoms with Crippen LogP contribution in [0.1, 0.15) is 21.7 Å². The van der Waals surface area contributed by atoms with Gasteiger partial charge in [0.2, 0.25) is 0 Å². The maximum atomic E-state index is 11.7. The largest absolute Gasteiger partial charge is 0.465 e. The summed E-state index contributed by atoms with van der Waals surface area (Å²) in [7, 11) is 3.17. The number of nitrogens with zero attached hydrogens (tertiary/aromatic N) is 3. The van der Waals surface area contributed by atoms with Crippen LogP contribution >= 0.6 is 0 Å². The van der Waals surface area contributed by atoms with Crippen LogP contribution in [-0.2, 0) is 18.2 Å². The average Bonchev–Trinajstić information content (AvgIpc) is 2.87. The first-order chi connectivity index (χ1) is 10.0. The molecule has 0 atom stereocenters. The van der Waals surface area contributed by atoms with Crippen molar-refractivity contribution in [1.29, 1.82) is 0 Å². The Kier molecular flexibility index (Phi) is 4.42. The number of rotatable bonds is 5. The topological polar surface area (TPSA) is 95.1 Å². The Morgan fingerprint density at radius 2 is 2.24 bits per heavy atom. The maximum Gasteiger partial charge on any atom is 0.340 e. The number of hydrogen-bond acceptors (Lipinski definition) is 6. The van der Waals surface area contributed by atoms with Gasteiger partial charge in [0.15, 0.2) is 5.82 Å². The molecule has 21 heavy (non-hydrogen) atoms. The molecule has 0 aliphatic heterocycles. The van der Waals surface area contributed by atoms with Gasteiger partial charge in [-0.15, -0.1) is 0 Å². The Morgan fingerprint density at radius 1 is 1.48 bits per heavy atom. The number of carbonyl (C=O) groups is 1. The van der Waals surface area contributed by atoms with E-state index in [4.69, 9.17) is 10.5 Å². The van der Waals surface area contributed by atoms with E-state index in [0.717, 1.165) is 17.1 Å². The molecule has 0 aliphatic carbocycles. The van der Waals surface area contributed by atoms with Crippen LogP contribution in [-0.4, -0.2) is 34.4 Å². The fraction of sp³-hybridized carbons (Fsp3) is 0.357. The van der Waals surface area contributed by atoms with Gasteiger partial charge in [-0.1, -0.05) is 0 Å². The van der Waals surface area contributed by atoms with Crippen molar-refractivity contribution >= 4 is 17.3 Å². The number of esters is 1. The third kappa shape index (κ3) is 3.50. The first-order valence-corrected chi connectivity index (χ1v) is 6.58. The fourth-order valence-corrected chi connectivity index (χ4v) is 2.00. The number of aromatic nitrogens is 3. The van der Waals surface area contributed by atoms with Gasteiger partial charge in [-0.2, -0.15) is 5.10 Å². The Morgan fingerprint density at radius 3 is 2.86 bits per heavy atom. The van der Waals surface area contributed by atoms with Crippen LogP contribution in [0.3, 0.4) is 0 Å². The molecule has 0 spiro atoms. The number of benzene rings is 1. The minimum absolute atomic E-state index is 0.371. The zero-order valence-corrected chi connectivity index (χ0v) is 12.4. The van der Waals surface area contributed by atoms with E-state index in [0.29, 0.717) is 24.2 Å². The molecule has 1 aromatic carbocycles. The molecule has 7 heteroatoms. The van der Waals surface area contributed by atoms with E-state index in [9.17, 15) is 4.79 Å². The van der Waals surface area contributed by atoms with E-state index in [1.54, 1.807) is 17.1 Å². The van der Waals surface area contributed by atoms with E-state index in [2.05, 4.69) is 15.4 Å². The molecule has 3 N–H and O–H groups in total. The second-order valence-corrected chi connectivity index (χ2v) is 4.76. The first-order valence-electron chi connectivity index (χ1n) is 6.58. The number of hydrogen-bond donors (Lipinski definition) is 2. The van der Waals surface area contributed by atoms with Gasteiger partial charge in [0.25, 0.3) is 0 Å².